The van der Waals surface area contributed by atoms with E-state index in [0.717, 1.165) is 6.42 Å². The number of nitrogens with one attached hydrogen (secondary N) is 2. The second kappa shape index (κ2) is 21.1. The van der Waals surface area contributed by atoms with Crippen LogP contribution >= 0.6 is 0 Å². The molecule has 0 aromatic heterocycles. The van der Waals surface area contributed by atoms with Gasteiger partial charge < -0.3 is 24.8 Å². The van der Waals surface area contributed by atoms with Gasteiger partial charge in [0.2, 0.25) is 11.8 Å². The van der Waals surface area contributed by atoms with E-state index < -0.39 is 5.60 Å². The minimum absolute atomic E-state index is 0.0801. The van der Waals surface area contributed by atoms with E-state index in [1.54, 1.807) is 72.8 Å². The molecule has 0 heterocycles. The van der Waals surface area contributed by atoms with Gasteiger partial charge in [-0.3, -0.25) is 19.2 Å². The molecule has 2 N–H and O–H groups in total. The third-order valence-corrected chi connectivity index (χ3v) is 8.50. The molecule has 0 spiro atoms. The van der Waals surface area contributed by atoms with E-state index >= 15 is 0 Å². The number of carbonyl (C=O) groups is 4. The predicted octanol–water partition coefficient (Wildman–Crippen LogP) is 8.92. The summed E-state index contributed by atoms with van der Waals surface area (Å²) in [7, 11) is 0. The third kappa shape index (κ3) is 14.8. The Labute approximate surface area is 319 Å². The predicted molar refractivity (Wildman–Crippen MR) is 213 cm³/mol. The fraction of sp³-hybridized carbons (Fsp3) is 0.378. The number of amides is 2. The number of rotatable bonds is 21. The largest absolute Gasteiger partial charge is 0.379 e. The van der Waals surface area contributed by atoms with Crippen molar-refractivity contribution in [1.82, 2.24) is 0 Å². The first kappa shape index (κ1) is 41.8. The molecule has 9 heteroatoms. The molecule has 54 heavy (non-hydrogen) atoms. The number of benzene rings is 4. The molecule has 9 nitrogen and oxygen atoms in total. The van der Waals surface area contributed by atoms with Crippen LogP contribution in [0.15, 0.2) is 109 Å². The summed E-state index contributed by atoms with van der Waals surface area (Å²) >= 11 is 0. The van der Waals surface area contributed by atoms with E-state index in [1.807, 2.05) is 57.2 Å². The molecule has 4 aromatic rings. The lowest BCUT2D eigenvalue weighted by molar-refractivity contribution is -0.128. The maximum absolute atomic E-state index is 13.0. The van der Waals surface area contributed by atoms with Crippen LogP contribution in [0, 0.1) is 5.92 Å². The van der Waals surface area contributed by atoms with E-state index in [9.17, 15) is 19.2 Å². The van der Waals surface area contributed by atoms with Crippen molar-refractivity contribution in [2.45, 2.75) is 84.5 Å². The monoisotopic (exact) mass is 734 g/mol. The molecule has 2 atom stereocenters. The number of ketones is 2. The van der Waals surface area contributed by atoms with Gasteiger partial charge in [-0.05, 0) is 94.5 Å². The molecule has 0 saturated heterocycles. The first-order valence-electron chi connectivity index (χ1n) is 18.7. The van der Waals surface area contributed by atoms with Crippen molar-refractivity contribution in [3.05, 3.63) is 131 Å². The Bertz CT molecular complexity index is 1770. The van der Waals surface area contributed by atoms with Gasteiger partial charge in [0.25, 0.3) is 0 Å². The Balaban J connectivity index is 1.29. The van der Waals surface area contributed by atoms with Gasteiger partial charge >= 0.3 is 0 Å². The lowest BCUT2D eigenvalue weighted by atomic mass is 10.0. The smallest absolute Gasteiger partial charge is 0.224 e. The van der Waals surface area contributed by atoms with Gasteiger partial charge in [0, 0.05) is 53.1 Å². The van der Waals surface area contributed by atoms with E-state index in [0.29, 0.717) is 65.6 Å². The Morgan fingerprint density at radius 3 is 1.41 bits per heavy atom. The SMILES string of the molecule is CC(C)CCOCC(CCC(=O)Nc1ccc(C(=O)c2ccccc2)cc1)OCC(CCC(=O)Nc1ccc(C(=O)c2ccccc2)cc1)OC(C)(C)C. The van der Waals surface area contributed by atoms with Crippen LogP contribution in [0.5, 0.6) is 0 Å². The van der Waals surface area contributed by atoms with Gasteiger partial charge in [-0.15, -0.1) is 0 Å². The first-order chi connectivity index (χ1) is 25.9. The Morgan fingerprint density at radius 1 is 0.556 bits per heavy atom. The Kier molecular flexibility index (Phi) is 16.3. The molecule has 2 unspecified atom stereocenters. The van der Waals surface area contributed by atoms with Crippen molar-refractivity contribution in [3.8, 4) is 0 Å². The molecule has 286 valence electrons. The summed E-state index contributed by atoms with van der Waals surface area (Å²) in [6.45, 7) is 11.3. The van der Waals surface area contributed by atoms with E-state index in [1.165, 1.54) is 0 Å². The highest BCUT2D eigenvalue weighted by Gasteiger charge is 2.23. The van der Waals surface area contributed by atoms with Gasteiger partial charge in [0.05, 0.1) is 31.0 Å². The van der Waals surface area contributed by atoms with Crippen LogP contribution in [0.25, 0.3) is 0 Å². The maximum Gasteiger partial charge on any atom is 0.224 e. The topological polar surface area (TPSA) is 120 Å². The van der Waals surface area contributed by atoms with Crippen molar-refractivity contribution in [3.63, 3.8) is 0 Å². The van der Waals surface area contributed by atoms with Crippen LogP contribution in [0.4, 0.5) is 11.4 Å². The average Bonchev–Trinajstić information content (AvgIpc) is 3.16. The number of hydrogen-bond acceptors (Lipinski definition) is 7. The summed E-state index contributed by atoms with van der Waals surface area (Å²) in [6, 6.07) is 31.9. The van der Waals surface area contributed by atoms with Crippen molar-refractivity contribution in [1.29, 1.82) is 0 Å². The molecule has 2 amide bonds. The average molecular weight is 735 g/mol. The molecular formula is C45H54N2O7. The molecule has 0 bridgehead atoms. The van der Waals surface area contributed by atoms with Crippen LogP contribution in [0.1, 0.15) is 98.6 Å². The highest BCUT2D eigenvalue weighted by Crippen LogP contribution is 2.20. The van der Waals surface area contributed by atoms with Crippen molar-refractivity contribution < 1.29 is 33.4 Å². The highest BCUT2D eigenvalue weighted by molar-refractivity contribution is 6.10. The summed E-state index contributed by atoms with van der Waals surface area (Å²) in [4.78, 5) is 51.5. The third-order valence-electron chi connectivity index (χ3n) is 8.50. The van der Waals surface area contributed by atoms with Gasteiger partial charge in [0.1, 0.15) is 0 Å². The normalized spacial score (nSPS) is 12.6. The van der Waals surface area contributed by atoms with Crippen LogP contribution in [-0.2, 0) is 23.8 Å². The number of hydrogen-bond donors (Lipinski definition) is 2. The summed E-state index contributed by atoms with van der Waals surface area (Å²) in [5.41, 5.74) is 3.02. The van der Waals surface area contributed by atoms with E-state index in [4.69, 9.17) is 14.2 Å². The van der Waals surface area contributed by atoms with Crippen LogP contribution in [0.2, 0.25) is 0 Å². The van der Waals surface area contributed by atoms with Gasteiger partial charge in [-0.2, -0.15) is 0 Å². The van der Waals surface area contributed by atoms with Crippen molar-refractivity contribution in [2.24, 2.45) is 5.92 Å². The zero-order valence-electron chi connectivity index (χ0n) is 32.1. The number of anilines is 2. The fourth-order valence-corrected chi connectivity index (χ4v) is 5.62. The summed E-state index contributed by atoms with van der Waals surface area (Å²) < 4.78 is 18.6. The number of carbonyl (C=O) groups excluding carboxylic acids is 4. The molecule has 0 aliphatic carbocycles. The fourth-order valence-electron chi connectivity index (χ4n) is 5.62. The zero-order chi connectivity index (χ0) is 38.9. The van der Waals surface area contributed by atoms with Crippen LogP contribution in [0.3, 0.4) is 0 Å². The molecule has 0 fully saturated rings. The quantitative estimate of drug-likeness (QED) is 0.0648. The Hall–Kier alpha value is -4.96. The zero-order valence-corrected chi connectivity index (χ0v) is 32.1. The summed E-state index contributed by atoms with van der Waals surface area (Å²) in [6.07, 6.45) is 1.39. The molecule has 0 aliphatic heterocycles. The molecule has 4 rings (SSSR count). The lowest BCUT2D eigenvalue weighted by Crippen LogP contribution is -2.34. The minimum atomic E-state index is -0.476. The molecule has 0 saturated carbocycles. The van der Waals surface area contributed by atoms with Crippen LogP contribution in [-0.4, -0.2) is 61.0 Å². The molecule has 0 aliphatic rings. The second-order valence-electron chi connectivity index (χ2n) is 14.8. The molecule has 0 radical (unpaired) electrons. The van der Waals surface area contributed by atoms with E-state index in [2.05, 4.69) is 24.5 Å². The Morgan fingerprint density at radius 2 is 0.981 bits per heavy atom. The summed E-state index contributed by atoms with van der Waals surface area (Å²) in [5, 5.41) is 5.83. The lowest BCUT2D eigenvalue weighted by Gasteiger charge is -2.29. The highest BCUT2D eigenvalue weighted by atomic mass is 16.6. The maximum atomic E-state index is 13.0. The molecule has 4 aromatic carbocycles. The van der Waals surface area contributed by atoms with Gasteiger partial charge in [-0.25, -0.2) is 0 Å². The van der Waals surface area contributed by atoms with Crippen LogP contribution < -0.4 is 10.6 Å². The summed E-state index contributed by atoms with van der Waals surface area (Å²) in [5.74, 6) is -0.0200. The van der Waals surface area contributed by atoms with E-state index in [-0.39, 0.29) is 55.0 Å². The number of ether oxygens (including phenoxy) is 3. The second-order valence-corrected chi connectivity index (χ2v) is 14.8. The standard InChI is InChI=1S/C45H54N2O7/c1-32(2)28-29-52-30-39(24-26-41(48)46-37-20-16-35(17-21-37)43(50)33-12-8-6-9-13-33)53-31-40(54-45(3,4)5)25-27-42(49)47-38-22-18-36(19-23-38)44(51)34-14-10-7-11-15-34/h6-23,32,39-40H,24-31H2,1-5H3,(H,46,48)(H,47,49). The van der Waals surface area contributed by atoms with Crippen molar-refractivity contribution in [2.75, 3.05) is 30.5 Å². The first-order valence-corrected chi connectivity index (χ1v) is 18.7. The van der Waals surface area contributed by atoms with Crippen molar-refractivity contribution >= 4 is 34.8 Å². The minimum Gasteiger partial charge on any atom is -0.379 e. The van der Waals surface area contributed by atoms with Gasteiger partial charge in [0.15, 0.2) is 11.6 Å². The molecular weight excluding hydrogens is 681 g/mol. The van der Waals surface area contributed by atoms with Gasteiger partial charge in [-0.1, -0.05) is 74.5 Å².